The molecule has 0 spiro atoms. The largest absolute Gasteiger partial charge is 0.494 e. The third-order valence-electron chi connectivity index (χ3n) is 7.28. The Morgan fingerprint density at radius 1 is 1.07 bits per heavy atom. The zero-order chi connectivity index (χ0) is 31.6. The minimum absolute atomic E-state index is 0.0337. The van der Waals surface area contributed by atoms with Crippen molar-refractivity contribution in [2.24, 2.45) is 0 Å². The molecule has 0 radical (unpaired) electrons. The van der Waals surface area contributed by atoms with Crippen molar-refractivity contribution in [3.05, 3.63) is 46.8 Å². The second kappa shape index (κ2) is 13.0. The van der Waals surface area contributed by atoms with Crippen LogP contribution in [0.3, 0.4) is 0 Å². The van der Waals surface area contributed by atoms with E-state index in [0.717, 1.165) is 16.9 Å². The number of likely N-dealkylation sites (N-methyl/N-ethyl adjacent to an activating group) is 1. The summed E-state index contributed by atoms with van der Waals surface area (Å²) in [5.74, 6) is 0.271. The van der Waals surface area contributed by atoms with Crippen molar-refractivity contribution >= 4 is 27.4 Å². The number of ether oxygens (including phenoxy) is 3. The summed E-state index contributed by atoms with van der Waals surface area (Å²) < 4.78 is 78.9. The molecule has 0 saturated heterocycles. The van der Waals surface area contributed by atoms with E-state index in [1.54, 1.807) is 24.1 Å². The molecule has 3 heterocycles. The summed E-state index contributed by atoms with van der Waals surface area (Å²) in [7, 11) is 4.53. The van der Waals surface area contributed by atoms with Crippen LogP contribution < -0.4 is 24.4 Å². The zero-order valence-corrected chi connectivity index (χ0v) is 24.6. The molecule has 44 heavy (non-hydrogen) atoms. The topological polar surface area (TPSA) is 115 Å². The molecule has 5 rings (SSSR count). The lowest BCUT2D eigenvalue weighted by molar-refractivity contribution is -0.126. The highest BCUT2D eigenvalue weighted by molar-refractivity contribution is 7.18. The van der Waals surface area contributed by atoms with E-state index >= 15 is 0 Å². The second-order valence-corrected chi connectivity index (χ2v) is 11.3. The summed E-state index contributed by atoms with van der Waals surface area (Å²) >= 11 is 0.939. The van der Waals surface area contributed by atoms with Crippen molar-refractivity contribution in [2.75, 3.05) is 26.2 Å². The van der Waals surface area contributed by atoms with Gasteiger partial charge in [0.25, 0.3) is 0 Å². The number of fused-ring (bicyclic) bond motifs is 1. The van der Waals surface area contributed by atoms with Crippen LogP contribution in [0.5, 0.6) is 17.6 Å². The molecule has 1 aliphatic carbocycles. The van der Waals surface area contributed by atoms with E-state index in [-0.39, 0.29) is 34.6 Å². The maximum absolute atomic E-state index is 13.0. The molecule has 10 nitrogen and oxygen atoms in total. The average Bonchev–Trinajstić information content (AvgIpc) is 3.56. The van der Waals surface area contributed by atoms with Crippen molar-refractivity contribution in [3.63, 3.8) is 0 Å². The molecule has 4 aromatic rings. The SMILES string of the molecule is COc1nc(N(C)[C@H]2C[C@@H](NCc3ccc(-c4nnc(OC(F)F)cc4OC)cc3)C[C@H]2O)c2cc(CC(F)(F)F)sc2n1. The van der Waals surface area contributed by atoms with Crippen LogP contribution in [0.15, 0.2) is 36.4 Å². The molecule has 0 amide bonds. The Labute approximate surface area is 252 Å². The van der Waals surface area contributed by atoms with Gasteiger partial charge in [-0.3, -0.25) is 0 Å². The maximum atomic E-state index is 13.0. The number of thiophene rings is 1. The molecular weight excluding hydrogens is 611 g/mol. The molecule has 0 unspecified atom stereocenters. The van der Waals surface area contributed by atoms with E-state index in [2.05, 4.69) is 30.2 Å². The molecule has 0 bridgehead atoms. The van der Waals surface area contributed by atoms with Crippen LogP contribution in [0, 0.1) is 0 Å². The fraction of sp³-hybridized carbons (Fsp3) is 0.429. The predicted molar refractivity (Wildman–Crippen MR) is 152 cm³/mol. The second-order valence-electron chi connectivity index (χ2n) is 10.2. The minimum atomic E-state index is -4.36. The quantitative estimate of drug-likeness (QED) is 0.218. The number of anilines is 1. The highest BCUT2D eigenvalue weighted by atomic mass is 32.1. The summed E-state index contributed by atoms with van der Waals surface area (Å²) in [5.41, 5.74) is 1.98. The maximum Gasteiger partial charge on any atom is 0.393 e. The Morgan fingerprint density at radius 3 is 2.48 bits per heavy atom. The standard InChI is InChI=1S/C28H29F5N6O4S/c1-39(24-18-10-17(12-28(31,32)33)44-25(18)36-27(35-24)42-3)19-8-16(9-20(19)40)34-13-14-4-6-15(7-5-14)23-21(41-2)11-22(37-38-23)43-26(29)30/h4-7,10-11,16,19-20,26,34,40H,8-9,12-13H2,1-3H3/t16-,19+,20-/m1/s1. The number of aromatic nitrogens is 4. The van der Waals surface area contributed by atoms with Gasteiger partial charge in [-0.15, -0.1) is 21.5 Å². The normalized spacial score (nSPS) is 18.6. The Bertz CT molecular complexity index is 1590. The molecule has 3 atom stereocenters. The first-order chi connectivity index (χ1) is 20.9. The summed E-state index contributed by atoms with van der Waals surface area (Å²) in [6, 6.07) is 9.68. The molecule has 1 aliphatic rings. The number of hydrogen-bond acceptors (Lipinski definition) is 11. The van der Waals surface area contributed by atoms with Crippen molar-refractivity contribution in [2.45, 2.75) is 56.8 Å². The van der Waals surface area contributed by atoms with Crippen molar-refractivity contribution < 1.29 is 41.3 Å². The van der Waals surface area contributed by atoms with Gasteiger partial charge in [0.15, 0.2) is 5.75 Å². The number of halogens is 5. The first-order valence-corrected chi connectivity index (χ1v) is 14.3. The lowest BCUT2D eigenvalue weighted by Crippen LogP contribution is -2.38. The Hall–Kier alpha value is -3.89. The van der Waals surface area contributed by atoms with Crippen molar-refractivity contribution in [1.82, 2.24) is 25.5 Å². The van der Waals surface area contributed by atoms with Crippen molar-refractivity contribution in [3.8, 4) is 28.9 Å². The number of nitrogens with one attached hydrogen (secondary N) is 1. The number of benzene rings is 1. The van der Waals surface area contributed by atoms with Gasteiger partial charge in [-0.1, -0.05) is 24.3 Å². The van der Waals surface area contributed by atoms with E-state index < -0.39 is 25.3 Å². The van der Waals surface area contributed by atoms with Crippen LogP contribution in [-0.2, 0) is 13.0 Å². The minimum Gasteiger partial charge on any atom is -0.494 e. The van der Waals surface area contributed by atoms with Crippen LogP contribution in [0.4, 0.5) is 27.8 Å². The number of rotatable bonds is 11. The third kappa shape index (κ3) is 7.25. The van der Waals surface area contributed by atoms with Gasteiger partial charge < -0.3 is 29.5 Å². The third-order valence-corrected chi connectivity index (χ3v) is 8.31. The van der Waals surface area contributed by atoms with Gasteiger partial charge in [0.2, 0.25) is 5.88 Å². The number of aliphatic hydroxyl groups is 1. The molecule has 2 N–H and O–H groups in total. The lowest BCUT2D eigenvalue weighted by atomic mass is 10.1. The fourth-order valence-corrected chi connectivity index (χ4v) is 6.27. The van der Waals surface area contributed by atoms with Gasteiger partial charge in [-0.2, -0.15) is 31.9 Å². The molecule has 236 valence electrons. The smallest absolute Gasteiger partial charge is 0.393 e. The van der Waals surface area contributed by atoms with Crippen LogP contribution in [0.1, 0.15) is 23.3 Å². The molecule has 1 aromatic carbocycles. The Kier molecular flexibility index (Phi) is 9.31. The van der Waals surface area contributed by atoms with Gasteiger partial charge in [0.1, 0.15) is 16.3 Å². The summed E-state index contributed by atoms with van der Waals surface area (Å²) in [5, 5.41) is 22.5. The van der Waals surface area contributed by atoms with Gasteiger partial charge in [0, 0.05) is 36.1 Å². The molecule has 16 heteroatoms. The average molecular weight is 641 g/mol. The van der Waals surface area contributed by atoms with Gasteiger partial charge in [-0.05, 0) is 24.5 Å². The molecule has 0 aliphatic heterocycles. The highest BCUT2D eigenvalue weighted by Gasteiger charge is 2.37. The Morgan fingerprint density at radius 2 is 1.82 bits per heavy atom. The van der Waals surface area contributed by atoms with Gasteiger partial charge in [-0.25, -0.2) is 0 Å². The number of nitrogens with zero attached hydrogens (tertiary/aromatic N) is 5. The van der Waals surface area contributed by atoms with Crippen LogP contribution in [0.25, 0.3) is 21.5 Å². The van der Waals surface area contributed by atoms with E-state index in [4.69, 9.17) is 9.47 Å². The van der Waals surface area contributed by atoms with Crippen LogP contribution >= 0.6 is 11.3 Å². The molecule has 3 aromatic heterocycles. The highest BCUT2D eigenvalue weighted by Crippen LogP contribution is 2.38. The van der Waals surface area contributed by atoms with Gasteiger partial charge in [0.05, 0.1) is 38.2 Å². The Balaban J connectivity index is 1.25. The van der Waals surface area contributed by atoms with Crippen LogP contribution in [-0.4, -0.2) is 77.5 Å². The van der Waals surface area contributed by atoms with Gasteiger partial charge >= 0.3 is 18.8 Å². The lowest BCUT2D eigenvalue weighted by Gasteiger charge is -2.28. The monoisotopic (exact) mass is 640 g/mol. The number of aliphatic hydroxyl groups excluding tert-OH is 1. The summed E-state index contributed by atoms with van der Waals surface area (Å²) in [6.07, 6.45) is -5.12. The summed E-state index contributed by atoms with van der Waals surface area (Å²) in [6.45, 7) is -2.54. The number of alkyl halides is 5. The summed E-state index contributed by atoms with van der Waals surface area (Å²) in [4.78, 5) is 10.9. The first kappa shape index (κ1) is 31.5. The zero-order valence-electron chi connectivity index (χ0n) is 23.8. The van der Waals surface area contributed by atoms with Crippen LogP contribution in [0.2, 0.25) is 0 Å². The van der Waals surface area contributed by atoms with E-state index in [1.807, 2.05) is 12.1 Å². The van der Waals surface area contributed by atoms with E-state index in [1.165, 1.54) is 26.4 Å². The first-order valence-electron chi connectivity index (χ1n) is 13.5. The predicted octanol–water partition coefficient (Wildman–Crippen LogP) is 4.99. The van der Waals surface area contributed by atoms with Crippen molar-refractivity contribution in [1.29, 1.82) is 0 Å². The number of methoxy groups -OCH3 is 2. The molecular formula is C28H29F5N6O4S. The van der Waals surface area contributed by atoms with E-state index in [0.29, 0.717) is 46.7 Å². The fourth-order valence-electron chi connectivity index (χ4n) is 5.22. The number of hydrogen-bond donors (Lipinski definition) is 2. The molecule has 1 fully saturated rings. The molecule has 1 saturated carbocycles. The van der Waals surface area contributed by atoms with E-state index in [9.17, 15) is 27.1 Å².